The van der Waals surface area contributed by atoms with Gasteiger partial charge in [-0.1, -0.05) is 33.6 Å². The van der Waals surface area contributed by atoms with Crippen LogP contribution in [-0.4, -0.2) is 9.78 Å². The van der Waals surface area contributed by atoms with Gasteiger partial charge in [0.25, 0.3) is 0 Å². The Morgan fingerprint density at radius 3 is 2.84 bits per heavy atom. The number of halogens is 2. The molecule has 0 fully saturated rings. The normalized spacial score (nSPS) is 12.6. The molecule has 0 radical (unpaired) electrons. The van der Waals surface area contributed by atoms with Gasteiger partial charge in [0.15, 0.2) is 0 Å². The van der Waals surface area contributed by atoms with Crippen molar-refractivity contribution in [3.63, 3.8) is 0 Å². The third kappa shape index (κ3) is 3.57. The van der Waals surface area contributed by atoms with Crippen LogP contribution >= 0.6 is 27.5 Å². The monoisotopic (exact) mass is 342 g/mol. The van der Waals surface area contributed by atoms with Gasteiger partial charge in [-0.15, -0.1) is 0 Å². The molecule has 2 aromatic rings. The molecule has 2 rings (SSSR count). The Labute approximate surface area is 126 Å². The van der Waals surface area contributed by atoms with Crippen molar-refractivity contribution in [3.8, 4) is 0 Å². The first kappa shape index (κ1) is 14.5. The van der Waals surface area contributed by atoms with Crippen LogP contribution in [0, 0.1) is 0 Å². The molecule has 0 saturated carbocycles. The first-order valence-electron chi connectivity index (χ1n) is 5.99. The van der Waals surface area contributed by atoms with E-state index in [4.69, 9.17) is 17.4 Å². The second-order valence-corrected chi connectivity index (χ2v) is 5.69. The number of nitrogens with one attached hydrogen (secondary N) is 1. The Kier molecular flexibility index (Phi) is 4.99. The lowest BCUT2D eigenvalue weighted by Gasteiger charge is -2.18. The van der Waals surface area contributed by atoms with Crippen molar-refractivity contribution in [1.29, 1.82) is 0 Å². The summed E-state index contributed by atoms with van der Waals surface area (Å²) in [5, 5.41) is 4.87. The van der Waals surface area contributed by atoms with Crippen LogP contribution in [0.1, 0.15) is 23.7 Å². The zero-order valence-corrected chi connectivity index (χ0v) is 12.9. The molecule has 0 aliphatic rings. The molecule has 1 aromatic carbocycles. The SMILES string of the molecule is Cn1nccc1CCC(NN)c1ccc(Br)cc1Cl. The van der Waals surface area contributed by atoms with Crippen LogP contribution in [0.15, 0.2) is 34.9 Å². The van der Waals surface area contributed by atoms with E-state index in [1.165, 1.54) is 5.69 Å². The molecule has 0 bridgehead atoms. The summed E-state index contributed by atoms with van der Waals surface area (Å²) in [7, 11) is 1.94. The molecule has 0 aliphatic carbocycles. The van der Waals surface area contributed by atoms with Crippen LogP contribution in [0.25, 0.3) is 0 Å². The highest BCUT2D eigenvalue weighted by Gasteiger charge is 2.14. The van der Waals surface area contributed by atoms with E-state index in [-0.39, 0.29) is 6.04 Å². The minimum atomic E-state index is 0.0236. The number of hydrazine groups is 1. The maximum Gasteiger partial charge on any atom is 0.0492 e. The molecule has 3 N–H and O–H groups in total. The number of aromatic nitrogens is 2. The van der Waals surface area contributed by atoms with Crippen molar-refractivity contribution in [2.45, 2.75) is 18.9 Å². The summed E-state index contributed by atoms with van der Waals surface area (Å²) in [6.45, 7) is 0. The number of hydrogen-bond donors (Lipinski definition) is 2. The Morgan fingerprint density at radius 1 is 1.47 bits per heavy atom. The number of nitrogens with zero attached hydrogens (tertiary/aromatic N) is 2. The van der Waals surface area contributed by atoms with Crippen LogP contribution in [0.2, 0.25) is 5.02 Å². The fourth-order valence-corrected chi connectivity index (χ4v) is 2.86. The van der Waals surface area contributed by atoms with Crippen LogP contribution in [0.4, 0.5) is 0 Å². The second kappa shape index (κ2) is 6.52. The maximum absolute atomic E-state index is 6.25. The van der Waals surface area contributed by atoms with Crippen molar-refractivity contribution in [3.05, 3.63) is 51.2 Å². The number of aryl methyl sites for hydroxylation is 2. The van der Waals surface area contributed by atoms with E-state index >= 15 is 0 Å². The molecule has 4 nitrogen and oxygen atoms in total. The van der Waals surface area contributed by atoms with Crippen LogP contribution in [0.5, 0.6) is 0 Å². The molecule has 1 unspecified atom stereocenters. The van der Waals surface area contributed by atoms with Gasteiger partial charge in [0.1, 0.15) is 0 Å². The van der Waals surface area contributed by atoms with Gasteiger partial charge >= 0.3 is 0 Å². The molecule has 102 valence electrons. The van der Waals surface area contributed by atoms with Crippen molar-refractivity contribution < 1.29 is 0 Å². The van der Waals surface area contributed by atoms with E-state index in [9.17, 15) is 0 Å². The van der Waals surface area contributed by atoms with E-state index in [0.717, 1.165) is 22.9 Å². The summed E-state index contributed by atoms with van der Waals surface area (Å²) in [6, 6.07) is 7.87. The van der Waals surface area contributed by atoms with Gasteiger partial charge in [0.05, 0.1) is 0 Å². The first-order chi connectivity index (χ1) is 9.11. The number of benzene rings is 1. The molecule has 6 heteroatoms. The highest BCUT2D eigenvalue weighted by atomic mass is 79.9. The van der Waals surface area contributed by atoms with Gasteiger partial charge in [-0.2, -0.15) is 5.10 Å². The summed E-state index contributed by atoms with van der Waals surface area (Å²) in [4.78, 5) is 0. The summed E-state index contributed by atoms with van der Waals surface area (Å²) in [6.07, 6.45) is 3.54. The lowest BCUT2D eigenvalue weighted by Crippen LogP contribution is -2.28. The van der Waals surface area contributed by atoms with Crippen LogP contribution < -0.4 is 11.3 Å². The largest absolute Gasteiger partial charge is 0.273 e. The summed E-state index contributed by atoms with van der Waals surface area (Å²) >= 11 is 9.65. The average Bonchev–Trinajstić information content (AvgIpc) is 2.78. The summed E-state index contributed by atoms with van der Waals surface area (Å²) in [5.41, 5.74) is 5.01. The average molecular weight is 344 g/mol. The van der Waals surface area contributed by atoms with Crippen molar-refractivity contribution >= 4 is 27.5 Å². The quantitative estimate of drug-likeness (QED) is 0.648. The molecule has 1 atom stereocenters. The van der Waals surface area contributed by atoms with E-state index < -0.39 is 0 Å². The number of rotatable bonds is 5. The fourth-order valence-electron chi connectivity index (χ4n) is 2.05. The predicted octanol–water partition coefficient (Wildman–Crippen LogP) is 2.97. The molecule has 0 amide bonds. The van der Waals surface area contributed by atoms with E-state index in [1.54, 1.807) is 6.20 Å². The van der Waals surface area contributed by atoms with E-state index in [2.05, 4.69) is 26.5 Å². The number of hydrogen-bond acceptors (Lipinski definition) is 3. The molecular weight excluding hydrogens is 328 g/mol. The lowest BCUT2D eigenvalue weighted by molar-refractivity contribution is 0.507. The lowest BCUT2D eigenvalue weighted by atomic mass is 10.0. The van der Waals surface area contributed by atoms with Gasteiger partial charge in [0, 0.05) is 34.5 Å². The fraction of sp³-hybridized carbons (Fsp3) is 0.308. The van der Waals surface area contributed by atoms with Gasteiger partial charge in [0.2, 0.25) is 0 Å². The Morgan fingerprint density at radius 2 is 2.26 bits per heavy atom. The van der Waals surface area contributed by atoms with Gasteiger partial charge in [-0.05, 0) is 36.6 Å². The van der Waals surface area contributed by atoms with E-state index in [0.29, 0.717) is 5.02 Å². The Hall–Kier alpha value is -0.880. The minimum absolute atomic E-state index is 0.0236. The smallest absolute Gasteiger partial charge is 0.0492 e. The second-order valence-electron chi connectivity index (χ2n) is 4.37. The highest BCUT2D eigenvalue weighted by molar-refractivity contribution is 9.10. The predicted molar refractivity (Wildman–Crippen MR) is 80.7 cm³/mol. The maximum atomic E-state index is 6.25. The zero-order chi connectivity index (χ0) is 13.8. The van der Waals surface area contributed by atoms with Crippen LogP contribution in [0.3, 0.4) is 0 Å². The molecule has 19 heavy (non-hydrogen) atoms. The first-order valence-corrected chi connectivity index (χ1v) is 7.17. The van der Waals surface area contributed by atoms with Crippen molar-refractivity contribution in [2.24, 2.45) is 12.9 Å². The Balaban J connectivity index is 2.10. The third-order valence-electron chi connectivity index (χ3n) is 3.15. The van der Waals surface area contributed by atoms with Crippen molar-refractivity contribution in [1.82, 2.24) is 15.2 Å². The summed E-state index contributed by atoms with van der Waals surface area (Å²) in [5.74, 6) is 5.65. The van der Waals surface area contributed by atoms with E-state index in [1.807, 2.05) is 36.0 Å². The molecule has 1 heterocycles. The standard InChI is InChI=1S/C13H16BrClN4/c1-19-10(6-7-17-19)3-5-13(18-16)11-4-2-9(14)8-12(11)15/h2,4,6-8,13,18H,3,5,16H2,1H3. The van der Waals surface area contributed by atoms with Gasteiger partial charge < -0.3 is 0 Å². The zero-order valence-electron chi connectivity index (χ0n) is 10.6. The number of nitrogens with two attached hydrogens (primary N) is 1. The molecule has 0 aliphatic heterocycles. The minimum Gasteiger partial charge on any atom is -0.273 e. The van der Waals surface area contributed by atoms with Crippen molar-refractivity contribution in [2.75, 3.05) is 0 Å². The Bertz CT molecular complexity index is 555. The topological polar surface area (TPSA) is 55.9 Å². The molecule has 0 spiro atoms. The summed E-state index contributed by atoms with van der Waals surface area (Å²) < 4.78 is 2.83. The van der Waals surface area contributed by atoms with Gasteiger partial charge in [-0.25, -0.2) is 0 Å². The molecular formula is C13H16BrClN4. The highest BCUT2D eigenvalue weighted by Crippen LogP contribution is 2.28. The molecule has 0 saturated heterocycles. The van der Waals surface area contributed by atoms with Crippen LogP contribution in [-0.2, 0) is 13.5 Å². The molecule has 1 aromatic heterocycles. The van der Waals surface area contributed by atoms with Gasteiger partial charge in [-0.3, -0.25) is 16.0 Å². The third-order valence-corrected chi connectivity index (χ3v) is 3.97.